The Bertz CT molecular complexity index is 1060. The number of para-hydroxylation sites is 3. The van der Waals surface area contributed by atoms with Crippen molar-refractivity contribution in [3.63, 3.8) is 0 Å². The highest BCUT2D eigenvalue weighted by atomic mass is 14.9. The van der Waals surface area contributed by atoms with E-state index in [0.717, 1.165) is 33.4 Å². The Balaban J connectivity index is 1.74. The number of nitrogens with one attached hydrogen (secondary N) is 1. The standard InChI is InChI=1S/C23H19N3/c24-23(20-14-8-10-17-9-4-5-13-19(17)20)26-22-16-7-6-15-21(22)25-18-11-2-1-3-12-18/h1-16,25H,(H2,24,26). The maximum atomic E-state index is 6.38. The van der Waals surface area contributed by atoms with E-state index in [2.05, 4.69) is 23.5 Å². The summed E-state index contributed by atoms with van der Waals surface area (Å²) in [6.45, 7) is 0. The highest BCUT2D eigenvalue weighted by Crippen LogP contribution is 2.28. The number of nitrogens with zero attached hydrogens (tertiary/aromatic N) is 1. The molecule has 0 fully saturated rings. The fraction of sp³-hybridized carbons (Fsp3) is 0. The molecule has 0 amide bonds. The van der Waals surface area contributed by atoms with Crippen LogP contribution in [0.3, 0.4) is 0 Å². The number of hydrogen-bond acceptors (Lipinski definition) is 2. The van der Waals surface area contributed by atoms with Crippen LogP contribution in [-0.2, 0) is 0 Å². The zero-order chi connectivity index (χ0) is 17.8. The number of anilines is 2. The smallest absolute Gasteiger partial charge is 0.132 e. The molecule has 4 rings (SSSR count). The predicted molar refractivity (Wildman–Crippen MR) is 110 cm³/mol. The molecule has 3 nitrogen and oxygen atoms in total. The highest BCUT2D eigenvalue weighted by molar-refractivity contribution is 6.10. The van der Waals surface area contributed by atoms with Crippen LogP contribution in [0.15, 0.2) is 102 Å². The van der Waals surface area contributed by atoms with Crippen molar-refractivity contribution in [2.24, 2.45) is 10.7 Å². The van der Waals surface area contributed by atoms with Crippen molar-refractivity contribution >= 4 is 33.7 Å². The van der Waals surface area contributed by atoms with Gasteiger partial charge in [-0.2, -0.15) is 0 Å². The van der Waals surface area contributed by atoms with Crippen LogP contribution in [0.25, 0.3) is 10.8 Å². The topological polar surface area (TPSA) is 50.4 Å². The number of amidine groups is 1. The summed E-state index contributed by atoms with van der Waals surface area (Å²) < 4.78 is 0. The molecule has 0 aliphatic carbocycles. The number of benzene rings is 4. The van der Waals surface area contributed by atoms with Crippen molar-refractivity contribution in [3.05, 3.63) is 103 Å². The maximum absolute atomic E-state index is 6.38. The quantitative estimate of drug-likeness (QED) is 0.375. The van der Waals surface area contributed by atoms with Gasteiger partial charge in [0.1, 0.15) is 5.84 Å². The number of aliphatic imine (C=N–C) groups is 1. The lowest BCUT2D eigenvalue weighted by Crippen LogP contribution is -2.13. The first kappa shape index (κ1) is 15.9. The number of rotatable bonds is 4. The molecule has 0 aliphatic rings. The van der Waals surface area contributed by atoms with Gasteiger partial charge in [-0.05, 0) is 35.0 Å². The zero-order valence-electron chi connectivity index (χ0n) is 14.3. The number of fused-ring (bicyclic) bond motifs is 1. The van der Waals surface area contributed by atoms with Crippen molar-refractivity contribution in [1.29, 1.82) is 0 Å². The predicted octanol–water partition coefficient (Wildman–Crippen LogP) is 5.62. The molecule has 0 bridgehead atoms. The van der Waals surface area contributed by atoms with Crippen LogP contribution in [0.2, 0.25) is 0 Å². The molecule has 0 atom stereocenters. The van der Waals surface area contributed by atoms with Gasteiger partial charge in [-0.25, -0.2) is 4.99 Å². The molecule has 0 aromatic heterocycles. The van der Waals surface area contributed by atoms with Crippen LogP contribution in [-0.4, -0.2) is 5.84 Å². The summed E-state index contributed by atoms with van der Waals surface area (Å²) >= 11 is 0. The summed E-state index contributed by atoms with van der Waals surface area (Å²) in [5, 5.41) is 5.66. The molecular formula is C23H19N3. The molecule has 0 aliphatic heterocycles. The van der Waals surface area contributed by atoms with E-state index in [4.69, 9.17) is 10.7 Å². The van der Waals surface area contributed by atoms with E-state index in [1.54, 1.807) is 0 Å². The molecule has 3 N–H and O–H groups in total. The van der Waals surface area contributed by atoms with Crippen LogP contribution in [0.4, 0.5) is 17.1 Å². The van der Waals surface area contributed by atoms with E-state index in [-0.39, 0.29) is 0 Å². The van der Waals surface area contributed by atoms with Crippen LogP contribution >= 0.6 is 0 Å². The van der Waals surface area contributed by atoms with Gasteiger partial charge >= 0.3 is 0 Å². The number of nitrogens with two attached hydrogens (primary N) is 1. The van der Waals surface area contributed by atoms with E-state index >= 15 is 0 Å². The second kappa shape index (κ2) is 7.11. The van der Waals surface area contributed by atoms with Gasteiger partial charge in [-0.1, -0.05) is 72.8 Å². The zero-order valence-corrected chi connectivity index (χ0v) is 14.3. The first-order valence-corrected chi connectivity index (χ1v) is 8.55. The van der Waals surface area contributed by atoms with Gasteiger partial charge in [0.05, 0.1) is 11.4 Å². The highest BCUT2D eigenvalue weighted by Gasteiger charge is 2.07. The van der Waals surface area contributed by atoms with E-state index < -0.39 is 0 Å². The van der Waals surface area contributed by atoms with Crippen molar-refractivity contribution in [3.8, 4) is 0 Å². The Morgan fingerprint density at radius 2 is 1.38 bits per heavy atom. The summed E-state index contributed by atoms with van der Waals surface area (Å²) in [5.74, 6) is 0.504. The molecule has 0 saturated heterocycles. The van der Waals surface area contributed by atoms with Crippen LogP contribution < -0.4 is 11.1 Å². The SMILES string of the molecule is NC(=Nc1ccccc1Nc1ccccc1)c1cccc2ccccc12. The van der Waals surface area contributed by atoms with Gasteiger partial charge in [-0.15, -0.1) is 0 Å². The van der Waals surface area contributed by atoms with Crippen LogP contribution in [0.1, 0.15) is 5.56 Å². The summed E-state index contributed by atoms with van der Waals surface area (Å²) in [4.78, 5) is 4.71. The summed E-state index contributed by atoms with van der Waals surface area (Å²) in [5.41, 5.74) is 10.1. The van der Waals surface area contributed by atoms with Gasteiger partial charge in [-0.3, -0.25) is 0 Å². The molecular weight excluding hydrogens is 318 g/mol. The monoisotopic (exact) mass is 337 g/mol. The third kappa shape index (κ3) is 3.28. The minimum atomic E-state index is 0.504. The summed E-state index contributed by atoms with van der Waals surface area (Å²) in [6, 6.07) is 32.2. The molecule has 126 valence electrons. The van der Waals surface area contributed by atoms with E-state index in [9.17, 15) is 0 Å². The molecule has 4 aromatic rings. The summed E-state index contributed by atoms with van der Waals surface area (Å²) in [6.07, 6.45) is 0. The van der Waals surface area contributed by atoms with Crippen LogP contribution in [0, 0.1) is 0 Å². The van der Waals surface area contributed by atoms with E-state index in [0.29, 0.717) is 5.84 Å². The van der Waals surface area contributed by atoms with E-state index in [1.165, 1.54) is 0 Å². The van der Waals surface area contributed by atoms with Crippen molar-refractivity contribution in [2.75, 3.05) is 5.32 Å². The molecule has 0 saturated carbocycles. The Morgan fingerprint density at radius 1 is 0.692 bits per heavy atom. The normalized spacial score (nSPS) is 11.5. The Morgan fingerprint density at radius 3 is 2.27 bits per heavy atom. The molecule has 0 spiro atoms. The Kier molecular flexibility index (Phi) is 4.35. The lowest BCUT2D eigenvalue weighted by atomic mass is 10.0. The Labute approximate surface area is 152 Å². The van der Waals surface area contributed by atoms with Gasteiger partial charge < -0.3 is 11.1 Å². The largest absolute Gasteiger partial charge is 0.383 e. The molecule has 0 heterocycles. The fourth-order valence-electron chi connectivity index (χ4n) is 2.99. The van der Waals surface area contributed by atoms with Crippen molar-refractivity contribution in [1.82, 2.24) is 0 Å². The summed E-state index contributed by atoms with van der Waals surface area (Å²) in [7, 11) is 0. The fourth-order valence-corrected chi connectivity index (χ4v) is 2.99. The molecule has 26 heavy (non-hydrogen) atoms. The molecule has 0 radical (unpaired) electrons. The van der Waals surface area contributed by atoms with Gasteiger partial charge in [0, 0.05) is 11.3 Å². The van der Waals surface area contributed by atoms with Gasteiger partial charge in [0.25, 0.3) is 0 Å². The lowest BCUT2D eigenvalue weighted by molar-refractivity contribution is 1.44. The van der Waals surface area contributed by atoms with Gasteiger partial charge in [0.2, 0.25) is 0 Å². The maximum Gasteiger partial charge on any atom is 0.132 e. The molecule has 3 heteroatoms. The lowest BCUT2D eigenvalue weighted by Gasteiger charge is -2.11. The molecule has 0 unspecified atom stereocenters. The minimum Gasteiger partial charge on any atom is -0.383 e. The Hall–Kier alpha value is -3.59. The third-order valence-corrected chi connectivity index (χ3v) is 4.26. The third-order valence-electron chi connectivity index (χ3n) is 4.26. The first-order chi connectivity index (χ1) is 12.8. The average Bonchev–Trinajstić information content (AvgIpc) is 2.70. The van der Waals surface area contributed by atoms with Crippen molar-refractivity contribution in [2.45, 2.75) is 0 Å². The minimum absolute atomic E-state index is 0.504. The first-order valence-electron chi connectivity index (χ1n) is 8.55. The molecule has 4 aromatic carbocycles. The van der Waals surface area contributed by atoms with Gasteiger partial charge in [0.15, 0.2) is 0 Å². The number of hydrogen-bond donors (Lipinski definition) is 2. The van der Waals surface area contributed by atoms with E-state index in [1.807, 2.05) is 78.9 Å². The van der Waals surface area contributed by atoms with Crippen LogP contribution in [0.5, 0.6) is 0 Å². The average molecular weight is 337 g/mol. The second-order valence-electron chi connectivity index (χ2n) is 6.03. The second-order valence-corrected chi connectivity index (χ2v) is 6.03. The van der Waals surface area contributed by atoms with Crippen molar-refractivity contribution < 1.29 is 0 Å².